The van der Waals surface area contributed by atoms with Crippen molar-refractivity contribution in [2.75, 3.05) is 0 Å². The molecule has 20 heavy (non-hydrogen) atoms. The van der Waals surface area contributed by atoms with Gasteiger partial charge in [-0.15, -0.1) is 0 Å². The Hall–Kier alpha value is -2.14. The van der Waals surface area contributed by atoms with Crippen LogP contribution in [0.1, 0.15) is 26.3 Å². The van der Waals surface area contributed by atoms with Gasteiger partial charge in [0.25, 0.3) is 5.88 Å². The van der Waals surface area contributed by atoms with Gasteiger partial charge in [0, 0.05) is 24.5 Å². The Bertz CT molecular complexity index is 657. The lowest BCUT2D eigenvalue weighted by atomic mass is 10.1. The van der Waals surface area contributed by atoms with Crippen LogP contribution in [-0.2, 0) is 12.1 Å². The number of hydrogen-bond donors (Lipinski definition) is 1. The fourth-order valence-corrected chi connectivity index (χ4v) is 1.84. The Morgan fingerprint density at radius 1 is 1.35 bits per heavy atom. The first-order valence-electron chi connectivity index (χ1n) is 6.47. The van der Waals surface area contributed by atoms with Crippen molar-refractivity contribution in [3.63, 3.8) is 0 Å². The van der Waals surface area contributed by atoms with Crippen LogP contribution in [0.2, 0.25) is 0 Å². The molecule has 0 spiro atoms. The highest BCUT2D eigenvalue weighted by Gasteiger charge is 2.17. The molecule has 2 rings (SSSR count). The van der Waals surface area contributed by atoms with E-state index in [1.807, 2.05) is 32.9 Å². The van der Waals surface area contributed by atoms with Crippen molar-refractivity contribution in [2.45, 2.75) is 32.9 Å². The Morgan fingerprint density at radius 2 is 2.10 bits per heavy atom. The van der Waals surface area contributed by atoms with Crippen molar-refractivity contribution in [3.8, 4) is 11.6 Å². The van der Waals surface area contributed by atoms with E-state index in [0.29, 0.717) is 12.3 Å². The van der Waals surface area contributed by atoms with Gasteiger partial charge < -0.3 is 15.0 Å². The Kier molecular flexibility index (Phi) is 3.90. The van der Waals surface area contributed by atoms with Gasteiger partial charge in [0.05, 0.1) is 0 Å². The predicted molar refractivity (Wildman–Crippen MR) is 77.9 cm³/mol. The summed E-state index contributed by atoms with van der Waals surface area (Å²) in [4.78, 5) is 16.3. The van der Waals surface area contributed by atoms with E-state index in [4.69, 9.17) is 10.5 Å². The normalized spacial score (nSPS) is 11.4. The maximum atomic E-state index is 12.3. The zero-order valence-corrected chi connectivity index (χ0v) is 12.0. The fraction of sp³-hybridized carbons (Fsp3) is 0.333. The van der Waals surface area contributed by atoms with Crippen molar-refractivity contribution in [1.29, 1.82) is 0 Å². The quantitative estimate of drug-likeness (QED) is 0.931. The minimum atomic E-state index is -0.322. The van der Waals surface area contributed by atoms with Gasteiger partial charge in [0.15, 0.2) is 0 Å². The van der Waals surface area contributed by atoms with Crippen molar-refractivity contribution in [3.05, 3.63) is 52.6 Å². The SMILES string of the molecule is CC(C)(C)n1ccnc(Oc2cccc(CN)c2)c1=O. The summed E-state index contributed by atoms with van der Waals surface area (Å²) in [6, 6.07) is 7.31. The summed E-state index contributed by atoms with van der Waals surface area (Å²) < 4.78 is 7.19. The monoisotopic (exact) mass is 273 g/mol. The number of hydrogen-bond acceptors (Lipinski definition) is 4. The van der Waals surface area contributed by atoms with Crippen LogP contribution in [0, 0.1) is 0 Å². The standard InChI is InChI=1S/C15H19N3O2/c1-15(2,3)18-8-7-17-13(14(18)19)20-12-6-4-5-11(9-12)10-16/h4-9H,10,16H2,1-3H3. The Morgan fingerprint density at radius 3 is 2.75 bits per heavy atom. The highest BCUT2D eigenvalue weighted by molar-refractivity contribution is 5.31. The highest BCUT2D eigenvalue weighted by Crippen LogP contribution is 2.19. The number of nitrogens with zero attached hydrogens (tertiary/aromatic N) is 2. The third kappa shape index (κ3) is 3.05. The summed E-state index contributed by atoms with van der Waals surface area (Å²) in [6.45, 7) is 6.28. The summed E-state index contributed by atoms with van der Waals surface area (Å²) in [6.07, 6.45) is 3.22. The molecule has 2 aromatic rings. The van der Waals surface area contributed by atoms with Crippen LogP contribution >= 0.6 is 0 Å². The predicted octanol–water partition coefficient (Wildman–Crippen LogP) is 2.25. The van der Waals surface area contributed by atoms with E-state index < -0.39 is 0 Å². The number of benzene rings is 1. The molecule has 5 nitrogen and oxygen atoms in total. The van der Waals surface area contributed by atoms with E-state index in [1.54, 1.807) is 29.1 Å². The molecular weight excluding hydrogens is 254 g/mol. The zero-order chi connectivity index (χ0) is 14.8. The molecule has 0 bridgehead atoms. The summed E-state index contributed by atoms with van der Waals surface area (Å²) >= 11 is 0. The van der Waals surface area contributed by atoms with Crippen molar-refractivity contribution < 1.29 is 4.74 Å². The number of ether oxygens (including phenoxy) is 1. The van der Waals surface area contributed by atoms with E-state index in [1.165, 1.54) is 0 Å². The Labute approximate surface area is 118 Å². The molecule has 0 radical (unpaired) electrons. The molecule has 1 aromatic carbocycles. The molecule has 106 valence electrons. The second kappa shape index (κ2) is 5.46. The zero-order valence-electron chi connectivity index (χ0n) is 12.0. The topological polar surface area (TPSA) is 70.1 Å². The molecule has 0 fully saturated rings. The fourth-order valence-electron chi connectivity index (χ4n) is 1.84. The number of aromatic nitrogens is 2. The van der Waals surface area contributed by atoms with Gasteiger partial charge in [-0.1, -0.05) is 12.1 Å². The maximum absolute atomic E-state index is 12.3. The Balaban J connectivity index is 2.37. The average Bonchev–Trinajstić information content (AvgIpc) is 2.40. The van der Waals surface area contributed by atoms with E-state index >= 15 is 0 Å². The minimum Gasteiger partial charge on any atom is -0.435 e. The van der Waals surface area contributed by atoms with Gasteiger partial charge >= 0.3 is 5.56 Å². The summed E-state index contributed by atoms with van der Waals surface area (Å²) in [5.74, 6) is 0.626. The van der Waals surface area contributed by atoms with Crippen molar-refractivity contribution in [1.82, 2.24) is 9.55 Å². The molecule has 1 heterocycles. The summed E-state index contributed by atoms with van der Waals surface area (Å²) in [5, 5.41) is 0. The van der Waals surface area contributed by atoms with E-state index in [2.05, 4.69) is 4.98 Å². The van der Waals surface area contributed by atoms with E-state index in [-0.39, 0.29) is 17.0 Å². The van der Waals surface area contributed by atoms with Gasteiger partial charge in [-0.3, -0.25) is 4.79 Å². The lowest BCUT2D eigenvalue weighted by Crippen LogP contribution is -2.34. The van der Waals surface area contributed by atoms with Crippen LogP contribution in [0.3, 0.4) is 0 Å². The largest absolute Gasteiger partial charge is 0.435 e. The molecule has 1 aromatic heterocycles. The first-order chi connectivity index (χ1) is 9.41. The first-order valence-corrected chi connectivity index (χ1v) is 6.47. The van der Waals surface area contributed by atoms with Crippen LogP contribution in [0.25, 0.3) is 0 Å². The molecule has 0 unspecified atom stereocenters. The highest BCUT2D eigenvalue weighted by atomic mass is 16.5. The van der Waals surface area contributed by atoms with E-state index in [0.717, 1.165) is 5.56 Å². The minimum absolute atomic E-state index is 0.0663. The lowest BCUT2D eigenvalue weighted by Gasteiger charge is -2.22. The second-order valence-electron chi connectivity index (χ2n) is 5.53. The molecule has 0 aliphatic heterocycles. The van der Waals surface area contributed by atoms with Gasteiger partial charge in [0.1, 0.15) is 5.75 Å². The average molecular weight is 273 g/mol. The van der Waals surface area contributed by atoms with Crippen LogP contribution in [0.4, 0.5) is 0 Å². The maximum Gasteiger partial charge on any atom is 0.314 e. The molecule has 5 heteroatoms. The molecule has 0 saturated carbocycles. The molecule has 0 saturated heterocycles. The van der Waals surface area contributed by atoms with Crippen molar-refractivity contribution in [2.24, 2.45) is 5.73 Å². The molecular formula is C15H19N3O2. The van der Waals surface area contributed by atoms with Crippen LogP contribution in [0.5, 0.6) is 11.6 Å². The third-order valence-corrected chi connectivity index (χ3v) is 2.88. The number of nitrogens with two attached hydrogens (primary N) is 1. The molecule has 0 aliphatic rings. The molecule has 0 amide bonds. The second-order valence-corrected chi connectivity index (χ2v) is 5.53. The molecule has 2 N–H and O–H groups in total. The van der Waals surface area contributed by atoms with E-state index in [9.17, 15) is 4.79 Å². The molecule has 0 atom stereocenters. The van der Waals surface area contributed by atoms with Crippen molar-refractivity contribution >= 4 is 0 Å². The van der Waals surface area contributed by atoms with Crippen LogP contribution in [0.15, 0.2) is 41.5 Å². The molecule has 0 aliphatic carbocycles. The van der Waals surface area contributed by atoms with Gasteiger partial charge in [-0.05, 0) is 38.5 Å². The first kappa shape index (κ1) is 14.3. The summed E-state index contributed by atoms with van der Waals surface area (Å²) in [7, 11) is 0. The smallest absolute Gasteiger partial charge is 0.314 e. The van der Waals surface area contributed by atoms with Gasteiger partial charge in [0.2, 0.25) is 0 Å². The van der Waals surface area contributed by atoms with Gasteiger partial charge in [-0.2, -0.15) is 0 Å². The number of rotatable bonds is 3. The van der Waals surface area contributed by atoms with Gasteiger partial charge in [-0.25, -0.2) is 4.98 Å². The van der Waals surface area contributed by atoms with Crippen LogP contribution < -0.4 is 16.0 Å². The third-order valence-electron chi connectivity index (χ3n) is 2.88. The van der Waals surface area contributed by atoms with Crippen LogP contribution in [-0.4, -0.2) is 9.55 Å². The summed E-state index contributed by atoms with van der Waals surface area (Å²) in [5.41, 5.74) is 5.95. The lowest BCUT2D eigenvalue weighted by molar-refractivity contribution is 0.363.